The third-order valence-corrected chi connectivity index (χ3v) is 3.70. The maximum absolute atomic E-state index is 4.22. The van der Waals surface area contributed by atoms with Gasteiger partial charge in [0, 0.05) is 22.9 Å². The number of pyridine rings is 1. The number of aromatic nitrogens is 1. The monoisotopic (exact) mass is 268 g/mol. The van der Waals surface area contributed by atoms with Gasteiger partial charge in [0.2, 0.25) is 0 Å². The highest BCUT2D eigenvalue weighted by molar-refractivity contribution is 9.10. The number of hydrogen-bond donors (Lipinski definition) is 1. The van der Waals surface area contributed by atoms with Crippen LogP contribution < -0.4 is 5.32 Å². The van der Waals surface area contributed by atoms with Crippen LogP contribution in [0.2, 0.25) is 0 Å². The van der Waals surface area contributed by atoms with E-state index in [9.17, 15) is 0 Å². The molecule has 0 bridgehead atoms. The average Bonchev–Trinajstić information content (AvgIpc) is 2.16. The van der Waals surface area contributed by atoms with Crippen LogP contribution in [0.1, 0.15) is 37.3 Å². The molecule has 0 radical (unpaired) electrons. The zero-order chi connectivity index (χ0) is 10.7. The molecule has 0 spiro atoms. The minimum Gasteiger partial charge on any atom is -0.313 e. The maximum atomic E-state index is 4.22. The summed E-state index contributed by atoms with van der Waals surface area (Å²) in [6, 6.07) is 2.62. The van der Waals surface area contributed by atoms with Crippen LogP contribution >= 0.6 is 15.9 Å². The molecular formula is C12H17BrN2. The van der Waals surface area contributed by atoms with E-state index in [0.717, 1.165) is 10.4 Å². The lowest BCUT2D eigenvalue weighted by Crippen LogP contribution is -2.23. The Morgan fingerprint density at radius 1 is 1.53 bits per heavy atom. The second-order valence-electron chi connectivity index (χ2n) is 4.31. The van der Waals surface area contributed by atoms with Crippen molar-refractivity contribution < 1.29 is 0 Å². The Labute approximate surface area is 99.6 Å². The van der Waals surface area contributed by atoms with E-state index in [2.05, 4.69) is 32.3 Å². The zero-order valence-electron chi connectivity index (χ0n) is 9.04. The van der Waals surface area contributed by atoms with Crippen molar-refractivity contribution in [2.24, 2.45) is 5.92 Å². The van der Waals surface area contributed by atoms with Crippen LogP contribution in [0, 0.1) is 5.92 Å². The van der Waals surface area contributed by atoms with Gasteiger partial charge in [0.05, 0.1) is 0 Å². The van der Waals surface area contributed by atoms with E-state index in [0.29, 0.717) is 6.04 Å². The molecule has 82 valence electrons. The van der Waals surface area contributed by atoms with E-state index in [4.69, 9.17) is 0 Å². The fraction of sp³-hybridized carbons (Fsp3) is 0.583. The molecule has 1 heterocycles. The molecule has 1 atom stereocenters. The lowest BCUT2D eigenvalue weighted by Gasteiger charge is -2.29. The largest absolute Gasteiger partial charge is 0.313 e. The summed E-state index contributed by atoms with van der Waals surface area (Å²) in [7, 11) is 2.03. The molecule has 0 saturated heterocycles. The minimum absolute atomic E-state index is 0.459. The van der Waals surface area contributed by atoms with Gasteiger partial charge in [-0.2, -0.15) is 0 Å². The van der Waals surface area contributed by atoms with E-state index < -0.39 is 0 Å². The molecule has 2 nitrogen and oxygen atoms in total. The van der Waals surface area contributed by atoms with Crippen molar-refractivity contribution in [2.45, 2.75) is 31.7 Å². The van der Waals surface area contributed by atoms with Crippen molar-refractivity contribution in [3.63, 3.8) is 0 Å². The van der Waals surface area contributed by atoms with E-state index in [1.807, 2.05) is 19.4 Å². The molecule has 1 N–H and O–H groups in total. The Morgan fingerprint density at radius 3 is 2.87 bits per heavy atom. The molecule has 1 aliphatic carbocycles. The predicted octanol–water partition coefficient (Wildman–Crippen LogP) is 3.29. The molecule has 15 heavy (non-hydrogen) atoms. The van der Waals surface area contributed by atoms with Gasteiger partial charge in [0.25, 0.3) is 0 Å². The van der Waals surface area contributed by atoms with Gasteiger partial charge < -0.3 is 5.32 Å². The number of nitrogens with one attached hydrogen (secondary N) is 1. The van der Waals surface area contributed by atoms with E-state index in [1.54, 1.807) is 0 Å². The number of nitrogens with zero attached hydrogens (tertiary/aromatic N) is 1. The smallest absolute Gasteiger partial charge is 0.0410 e. The number of hydrogen-bond acceptors (Lipinski definition) is 2. The van der Waals surface area contributed by atoms with Crippen LogP contribution in [-0.4, -0.2) is 12.0 Å². The summed E-state index contributed by atoms with van der Waals surface area (Å²) in [6.45, 7) is 0. The molecule has 1 saturated carbocycles. The summed E-state index contributed by atoms with van der Waals surface area (Å²) in [6.07, 6.45) is 9.26. The lowest BCUT2D eigenvalue weighted by molar-refractivity contribution is 0.265. The van der Waals surface area contributed by atoms with Crippen LogP contribution in [0.25, 0.3) is 0 Å². The summed E-state index contributed by atoms with van der Waals surface area (Å²) in [5, 5.41) is 3.38. The highest BCUT2D eigenvalue weighted by atomic mass is 79.9. The van der Waals surface area contributed by atoms with Gasteiger partial charge in [-0.3, -0.25) is 4.98 Å². The molecule has 0 aliphatic heterocycles. The maximum Gasteiger partial charge on any atom is 0.0410 e. The summed E-state index contributed by atoms with van der Waals surface area (Å²) in [5.41, 5.74) is 1.29. The third kappa shape index (κ3) is 2.79. The van der Waals surface area contributed by atoms with Gasteiger partial charge >= 0.3 is 0 Å². The Morgan fingerprint density at radius 2 is 2.33 bits per heavy atom. The van der Waals surface area contributed by atoms with Crippen molar-refractivity contribution in [3.8, 4) is 0 Å². The van der Waals surface area contributed by atoms with Gasteiger partial charge in [-0.25, -0.2) is 0 Å². The topological polar surface area (TPSA) is 24.9 Å². The first-order valence-corrected chi connectivity index (χ1v) is 6.36. The summed E-state index contributed by atoms with van der Waals surface area (Å²) >= 11 is 3.47. The standard InChI is InChI=1S/C12H17BrN2/c1-14-12(5-9-3-2-4-9)10-6-11(13)8-15-7-10/h6-9,12,14H,2-5H2,1H3. The zero-order valence-corrected chi connectivity index (χ0v) is 10.6. The quantitative estimate of drug-likeness (QED) is 0.907. The van der Waals surface area contributed by atoms with Crippen molar-refractivity contribution in [1.29, 1.82) is 0 Å². The van der Waals surface area contributed by atoms with Crippen LogP contribution in [0.15, 0.2) is 22.9 Å². The Kier molecular flexibility index (Phi) is 3.76. The number of rotatable bonds is 4. The predicted molar refractivity (Wildman–Crippen MR) is 65.7 cm³/mol. The summed E-state index contributed by atoms with van der Waals surface area (Å²) in [5.74, 6) is 0.918. The highest BCUT2D eigenvalue weighted by Crippen LogP contribution is 2.34. The second-order valence-corrected chi connectivity index (χ2v) is 5.23. The molecule has 1 aliphatic rings. The molecule has 1 unspecified atom stereocenters. The molecule has 2 rings (SSSR count). The fourth-order valence-corrected chi connectivity index (χ4v) is 2.48. The third-order valence-electron chi connectivity index (χ3n) is 3.27. The van der Waals surface area contributed by atoms with Crippen LogP contribution in [0.4, 0.5) is 0 Å². The van der Waals surface area contributed by atoms with Crippen LogP contribution in [0.5, 0.6) is 0 Å². The molecule has 3 heteroatoms. The minimum atomic E-state index is 0.459. The van der Waals surface area contributed by atoms with Crippen molar-refractivity contribution in [3.05, 3.63) is 28.5 Å². The summed E-state index contributed by atoms with van der Waals surface area (Å²) in [4.78, 5) is 4.22. The van der Waals surface area contributed by atoms with Crippen molar-refractivity contribution >= 4 is 15.9 Å². The second kappa shape index (κ2) is 5.08. The van der Waals surface area contributed by atoms with Gasteiger partial charge in [0.15, 0.2) is 0 Å². The first-order valence-electron chi connectivity index (χ1n) is 5.57. The molecule has 0 amide bonds. The Balaban J connectivity index is 2.04. The van der Waals surface area contributed by atoms with Gasteiger partial charge in [-0.15, -0.1) is 0 Å². The molecule has 1 aromatic heterocycles. The van der Waals surface area contributed by atoms with Gasteiger partial charge in [0.1, 0.15) is 0 Å². The van der Waals surface area contributed by atoms with Crippen LogP contribution in [0.3, 0.4) is 0 Å². The number of halogens is 1. The van der Waals surface area contributed by atoms with E-state index in [1.165, 1.54) is 31.2 Å². The van der Waals surface area contributed by atoms with Gasteiger partial charge in [-0.1, -0.05) is 19.3 Å². The normalized spacial score (nSPS) is 18.5. The van der Waals surface area contributed by atoms with Crippen molar-refractivity contribution in [2.75, 3.05) is 7.05 Å². The van der Waals surface area contributed by atoms with Crippen LogP contribution in [-0.2, 0) is 0 Å². The average molecular weight is 269 g/mol. The first kappa shape index (κ1) is 11.1. The molecule has 1 aromatic rings. The summed E-state index contributed by atoms with van der Waals surface area (Å²) < 4.78 is 1.06. The Bertz CT molecular complexity index is 323. The lowest BCUT2D eigenvalue weighted by atomic mass is 9.80. The first-order chi connectivity index (χ1) is 7.29. The van der Waals surface area contributed by atoms with Gasteiger partial charge in [-0.05, 0) is 46.9 Å². The molecule has 0 aromatic carbocycles. The molecular weight excluding hydrogens is 252 g/mol. The van der Waals surface area contributed by atoms with E-state index in [-0.39, 0.29) is 0 Å². The van der Waals surface area contributed by atoms with Crippen molar-refractivity contribution in [1.82, 2.24) is 10.3 Å². The fourth-order valence-electron chi connectivity index (χ4n) is 2.10. The SMILES string of the molecule is CNC(CC1CCC1)c1cncc(Br)c1. The highest BCUT2D eigenvalue weighted by Gasteiger charge is 2.22. The Hall–Kier alpha value is -0.410. The van der Waals surface area contributed by atoms with E-state index >= 15 is 0 Å². The molecule has 1 fully saturated rings.